The fourth-order valence-electron chi connectivity index (χ4n) is 2.96. The van der Waals surface area contributed by atoms with Crippen molar-refractivity contribution in [2.45, 2.75) is 52.2 Å². The number of ether oxygens (including phenoxy) is 1. The van der Waals surface area contributed by atoms with Gasteiger partial charge >= 0.3 is 5.97 Å². The highest BCUT2D eigenvalue weighted by Crippen LogP contribution is 2.27. The van der Waals surface area contributed by atoms with Gasteiger partial charge in [0.15, 0.2) is 0 Å². The van der Waals surface area contributed by atoms with Crippen LogP contribution in [0.5, 0.6) is 0 Å². The third kappa shape index (κ3) is 5.76. The number of halogens is 1. The summed E-state index contributed by atoms with van der Waals surface area (Å²) < 4.78 is 19.0. The van der Waals surface area contributed by atoms with Gasteiger partial charge in [-0.2, -0.15) is 0 Å². The molecule has 0 saturated carbocycles. The van der Waals surface area contributed by atoms with Crippen molar-refractivity contribution < 1.29 is 28.6 Å². The van der Waals surface area contributed by atoms with Crippen LogP contribution in [0.25, 0.3) is 0 Å². The van der Waals surface area contributed by atoms with Crippen molar-refractivity contribution in [3.05, 3.63) is 29.6 Å². The SMILES string of the molecule is Cc1cc(N2CC(C(=O)NC(CCOC(C)(C)C)C(=O)O)CC2=O)ccc1F. The molecule has 8 heteroatoms. The Hall–Kier alpha value is -2.48. The second-order valence-corrected chi connectivity index (χ2v) is 7.99. The molecule has 154 valence electrons. The van der Waals surface area contributed by atoms with E-state index < -0.39 is 29.4 Å². The molecule has 1 aliphatic rings. The van der Waals surface area contributed by atoms with Gasteiger partial charge in [0.25, 0.3) is 0 Å². The van der Waals surface area contributed by atoms with Crippen LogP contribution in [0.1, 0.15) is 39.2 Å². The number of hydrogen-bond donors (Lipinski definition) is 2. The number of hydrogen-bond acceptors (Lipinski definition) is 4. The highest BCUT2D eigenvalue weighted by Gasteiger charge is 2.36. The van der Waals surface area contributed by atoms with E-state index in [1.165, 1.54) is 17.0 Å². The Morgan fingerprint density at radius 3 is 2.64 bits per heavy atom. The molecule has 0 aliphatic carbocycles. The molecular weight excluding hydrogens is 367 g/mol. The minimum Gasteiger partial charge on any atom is -0.480 e. The van der Waals surface area contributed by atoms with Crippen LogP contribution in [-0.2, 0) is 19.1 Å². The highest BCUT2D eigenvalue weighted by molar-refractivity contribution is 6.00. The summed E-state index contributed by atoms with van der Waals surface area (Å²) in [6, 6.07) is 3.23. The summed E-state index contributed by atoms with van der Waals surface area (Å²) in [6.07, 6.45) is 0.104. The molecule has 0 aromatic heterocycles. The van der Waals surface area contributed by atoms with E-state index in [-0.39, 0.29) is 37.7 Å². The van der Waals surface area contributed by atoms with Gasteiger partial charge in [-0.25, -0.2) is 9.18 Å². The van der Waals surface area contributed by atoms with E-state index >= 15 is 0 Å². The lowest BCUT2D eigenvalue weighted by atomic mass is 10.1. The molecule has 0 bridgehead atoms. The van der Waals surface area contributed by atoms with Crippen LogP contribution in [-0.4, -0.2) is 47.7 Å². The van der Waals surface area contributed by atoms with Crippen LogP contribution >= 0.6 is 0 Å². The zero-order chi connectivity index (χ0) is 21.1. The number of amides is 2. The van der Waals surface area contributed by atoms with Gasteiger partial charge < -0.3 is 20.1 Å². The number of aryl methyl sites for hydroxylation is 1. The monoisotopic (exact) mass is 394 g/mol. The van der Waals surface area contributed by atoms with Gasteiger partial charge in [-0.15, -0.1) is 0 Å². The van der Waals surface area contributed by atoms with Crippen LogP contribution in [0.3, 0.4) is 0 Å². The molecule has 2 atom stereocenters. The Kier molecular flexibility index (Phi) is 6.77. The average molecular weight is 394 g/mol. The van der Waals surface area contributed by atoms with Crippen LogP contribution < -0.4 is 10.2 Å². The van der Waals surface area contributed by atoms with E-state index in [0.29, 0.717) is 11.3 Å². The summed E-state index contributed by atoms with van der Waals surface area (Å²) in [5, 5.41) is 11.9. The molecule has 7 nitrogen and oxygen atoms in total. The smallest absolute Gasteiger partial charge is 0.326 e. The summed E-state index contributed by atoms with van der Waals surface area (Å²) in [5.74, 6) is -2.93. The molecule has 1 heterocycles. The summed E-state index contributed by atoms with van der Waals surface area (Å²) in [4.78, 5) is 37.7. The number of anilines is 1. The lowest BCUT2D eigenvalue weighted by molar-refractivity contribution is -0.143. The van der Waals surface area contributed by atoms with E-state index in [4.69, 9.17) is 4.74 Å². The van der Waals surface area contributed by atoms with Crippen LogP contribution in [0.15, 0.2) is 18.2 Å². The van der Waals surface area contributed by atoms with E-state index in [9.17, 15) is 23.9 Å². The lowest BCUT2D eigenvalue weighted by Gasteiger charge is -2.22. The Morgan fingerprint density at radius 2 is 2.07 bits per heavy atom. The molecule has 2 unspecified atom stereocenters. The first-order valence-corrected chi connectivity index (χ1v) is 9.21. The number of rotatable bonds is 7. The summed E-state index contributed by atoms with van der Waals surface area (Å²) in [6.45, 7) is 7.48. The first-order chi connectivity index (χ1) is 13.0. The second kappa shape index (κ2) is 8.68. The van der Waals surface area contributed by atoms with Crippen molar-refractivity contribution in [3.8, 4) is 0 Å². The zero-order valence-corrected chi connectivity index (χ0v) is 16.6. The third-order valence-electron chi connectivity index (χ3n) is 4.51. The summed E-state index contributed by atoms with van der Waals surface area (Å²) in [5.41, 5.74) is 0.522. The predicted octanol–water partition coefficient (Wildman–Crippen LogP) is 2.26. The van der Waals surface area contributed by atoms with Crippen molar-refractivity contribution in [2.75, 3.05) is 18.1 Å². The van der Waals surface area contributed by atoms with Crippen LogP contribution in [0.2, 0.25) is 0 Å². The lowest BCUT2D eigenvalue weighted by Crippen LogP contribution is -2.45. The number of aliphatic carboxylic acids is 1. The van der Waals surface area contributed by atoms with Crippen molar-refractivity contribution in [2.24, 2.45) is 5.92 Å². The molecule has 2 rings (SSSR count). The molecule has 28 heavy (non-hydrogen) atoms. The topological polar surface area (TPSA) is 95.9 Å². The average Bonchev–Trinajstić information content (AvgIpc) is 2.97. The largest absolute Gasteiger partial charge is 0.480 e. The minimum atomic E-state index is -1.15. The molecule has 1 aromatic carbocycles. The molecule has 2 amide bonds. The van der Waals surface area contributed by atoms with Crippen LogP contribution in [0, 0.1) is 18.7 Å². The fraction of sp³-hybridized carbons (Fsp3) is 0.550. The molecule has 1 aromatic rings. The van der Waals surface area contributed by atoms with Gasteiger partial charge in [-0.05, 0) is 51.5 Å². The number of carbonyl (C=O) groups excluding carboxylic acids is 2. The normalized spacial score (nSPS) is 18.2. The highest BCUT2D eigenvalue weighted by atomic mass is 19.1. The zero-order valence-electron chi connectivity index (χ0n) is 16.6. The maximum absolute atomic E-state index is 13.4. The Labute approximate surface area is 163 Å². The number of nitrogens with zero attached hydrogens (tertiary/aromatic N) is 1. The molecule has 1 fully saturated rings. The Balaban J connectivity index is 1.98. The van der Waals surface area contributed by atoms with E-state index in [1.54, 1.807) is 13.0 Å². The third-order valence-corrected chi connectivity index (χ3v) is 4.51. The van der Waals surface area contributed by atoms with Crippen molar-refractivity contribution >= 4 is 23.5 Å². The van der Waals surface area contributed by atoms with Crippen molar-refractivity contribution in [1.29, 1.82) is 0 Å². The molecule has 1 aliphatic heterocycles. The van der Waals surface area contributed by atoms with Crippen molar-refractivity contribution in [3.63, 3.8) is 0 Å². The van der Waals surface area contributed by atoms with Gasteiger partial charge in [-0.1, -0.05) is 0 Å². The first-order valence-electron chi connectivity index (χ1n) is 9.21. The molecule has 0 spiro atoms. The molecule has 2 N–H and O–H groups in total. The van der Waals surface area contributed by atoms with Gasteiger partial charge in [0.05, 0.1) is 11.5 Å². The maximum atomic E-state index is 13.4. The van der Waals surface area contributed by atoms with E-state index in [2.05, 4.69) is 5.32 Å². The van der Waals surface area contributed by atoms with Gasteiger partial charge in [-0.3, -0.25) is 9.59 Å². The standard InChI is InChI=1S/C20H27FN2O5/c1-12-9-14(5-6-15(12)21)23-11-13(10-17(23)24)18(25)22-16(19(26)27)7-8-28-20(2,3)4/h5-6,9,13,16H,7-8,10-11H2,1-4H3,(H,22,25)(H,26,27). The number of nitrogens with one attached hydrogen (secondary N) is 1. The number of carbonyl (C=O) groups is 3. The second-order valence-electron chi connectivity index (χ2n) is 7.99. The first kappa shape index (κ1) is 21.8. The Bertz CT molecular complexity index is 759. The number of benzene rings is 1. The maximum Gasteiger partial charge on any atom is 0.326 e. The fourth-order valence-corrected chi connectivity index (χ4v) is 2.96. The minimum absolute atomic E-state index is 0.0207. The molecular formula is C20H27FN2O5. The van der Waals surface area contributed by atoms with Gasteiger partial charge in [0, 0.05) is 31.7 Å². The van der Waals surface area contributed by atoms with Crippen molar-refractivity contribution in [1.82, 2.24) is 5.32 Å². The van der Waals surface area contributed by atoms with Gasteiger partial charge in [0.2, 0.25) is 11.8 Å². The van der Waals surface area contributed by atoms with E-state index in [0.717, 1.165) is 0 Å². The predicted molar refractivity (Wildman–Crippen MR) is 101 cm³/mol. The van der Waals surface area contributed by atoms with E-state index in [1.807, 2.05) is 20.8 Å². The number of carboxylic acids is 1. The summed E-state index contributed by atoms with van der Waals surface area (Å²) >= 11 is 0. The Morgan fingerprint density at radius 1 is 1.39 bits per heavy atom. The summed E-state index contributed by atoms with van der Waals surface area (Å²) in [7, 11) is 0. The number of carboxylic acid groups (broad SMARTS) is 1. The molecule has 0 radical (unpaired) electrons. The van der Waals surface area contributed by atoms with Crippen LogP contribution in [0.4, 0.5) is 10.1 Å². The molecule has 1 saturated heterocycles. The van der Waals surface area contributed by atoms with Gasteiger partial charge in [0.1, 0.15) is 11.9 Å². The quantitative estimate of drug-likeness (QED) is 0.740.